The van der Waals surface area contributed by atoms with Crippen molar-refractivity contribution in [1.82, 2.24) is 15.1 Å². The molecule has 2 aromatic rings. The molecule has 0 bridgehead atoms. The molecule has 1 aliphatic heterocycles. The standard InChI is InChI=1S/C14H15Cl2N3O2/c15-9-1-2-11(12(16)7-9)14-18-17-13(21-14)8-19-5-3-10(20)4-6-19/h1-2,7,10,20H,3-6,8H2. The molecule has 1 fully saturated rings. The first-order valence-corrected chi connectivity index (χ1v) is 7.55. The van der Waals surface area contributed by atoms with Crippen LogP contribution in [0.1, 0.15) is 18.7 Å². The highest BCUT2D eigenvalue weighted by Gasteiger charge is 2.19. The zero-order valence-corrected chi connectivity index (χ0v) is 12.8. The largest absolute Gasteiger partial charge is 0.419 e. The lowest BCUT2D eigenvalue weighted by molar-refractivity contribution is 0.0752. The van der Waals surface area contributed by atoms with Crippen molar-refractivity contribution in [1.29, 1.82) is 0 Å². The molecule has 3 rings (SSSR count). The number of nitrogens with zero attached hydrogens (tertiary/aromatic N) is 3. The lowest BCUT2D eigenvalue weighted by Crippen LogP contribution is -2.35. The molecule has 0 saturated carbocycles. The average Bonchev–Trinajstić information content (AvgIpc) is 2.90. The summed E-state index contributed by atoms with van der Waals surface area (Å²) in [5.41, 5.74) is 0.675. The summed E-state index contributed by atoms with van der Waals surface area (Å²) in [6, 6.07) is 5.15. The monoisotopic (exact) mass is 327 g/mol. The summed E-state index contributed by atoms with van der Waals surface area (Å²) in [4.78, 5) is 2.19. The fraction of sp³-hybridized carbons (Fsp3) is 0.429. The van der Waals surface area contributed by atoms with Gasteiger partial charge in [0.1, 0.15) is 0 Å². The van der Waals surface area contributed by atoms with Crippen LogP contribution in [0.2, 0.25) is 10.0 Å². The predicted octanol–water partition coefficient (Wildman–Crippen LogP) is 3.00. The minimum atomic E-state index is -0.188. The normalized spacial score (nSPS) is 17.3. The van der Waals surface area contributed by atoms with Crippen molar-refractivity contribution in [3.63, 3.8) is 0 Å². The van der Waals surface area contributed by atoms with Crippen molar-refractivity contribution >= 4 is 23.2 Å². The highest BCUT2D eigenvalue weighted by Crippen LogP contribution is 2.29. The number of benzene rings is 1. The van der Waals surface area contributed by atoms with Gasteiger partial charge in [0.05, 0.1) is 23.2 Å². The maximum atomic E-state index is 9.50. The number of aliphatic hydroxyl groups excluding tert-OH is 1. The Kier molecular flexibility index (Phi) is 4.45. The molecule has 1 aliphatic rings. The van der Waals surface area contributed by atoms with Crippen LogP contribution in [0.15, 0.2) is 22.6 Å². The van der Waals surface area contributed by atoms with E-state index in [9.17, 15) is 5.11 Å². The van der Waals surface area contributed by atoms with E-state index >= 15 is 0 Å². The minimum Gasteiger partial charge on any atom is -0.419 e. The number of halogens is 2. The first kappa shape index (κ1) is 14.8. The van der Waals surface area contributed by atoms with Gasteiger partial charge in [0.15, 0.2) is 0 Å². The van der Waals surface area contributed by atoms with Crippen LogP contribution in [0.5, 0.6) is 0 Å². The Hall–Kier alpha value is -1.14. The van der Waals surface area contributed by atoms with Gasteiger partial charge in [0.25, 0.3) is 0 Å². The molecule has 0 atom stereocenters. The second-order valence-corrected chi connectivity index (χ2v) is 5.98. The Morgan fingerprint density at radius 2 is 2.00 bits per heavy atom. The maximum absolute atomic E-state index is 9.50. The zero-order chi connectivity index (χ0) is 14.8. The van der Waals surface area contributed by atoms with Gasteiger partial charge in [0.2, 0.25) is 11.8 Å². The van der Waals surface area contributed by atoms with E-state index in [4.69, 9.17) is 27.6 Å². The third kappa shape index (κ3) is 3.55. The van der Waals surface area contributed by atoms with Crippen LogP contribution in [-0.4, -0.2) is 39.4 Å². The molecule has 1 aromatic heterocycles. The SMILES string of the molecule is OC1CCN(Cc2nnc(-c3ccc(Cl)cc3Cl)o2)CC1. The lowest BCUT2D eigenvalue weighted by atomic mass is 10.1. The molecule has 5 nitrogen and oxygen atoms in total. The van der Waals surface area contributed by atoms with Crippen LogP contribution in [-0.2, 0) is 6.54 Å². The van der Waals surface area contributed by atoms with Gasteiger partial charge in [-0.15, -0.1) is 10.2 Å². The molecule has 112 valence electrons. The fourth-order valence-corrected chi connectivity index (χ4v) is 2.85. The van der Waals surface area contributed by atoms with Crippen LogP contribution in [0.25, 0.3) is 11.5 Å². The number of aromatic nitrogens is 2. The summed E-state index contributed by atoms with van der Waals surface area (Å²) in [5, 5.41) is 18.6. The number of rotatable bonds is 3. The maximum Gasteiger partial charge on any atom is 0.249 e. The van der Waals surface area contributed by atoms with Gasteiger partial charge in [-0.3, -0.25) is 4.90 Å². The van der Waals surface area contributed by atoms with E-state index in [0.717, 1.165) is 25.9 Å². The number of hydrogen-bond acceptors (Lipinski definition) is 5. The Bertz CT molecular complexity index is 624. The Morgan fingerprint density at radius 1 is 1.24 bits per heavy atom. The summed E-state index contributed by atoms with van der Waals surface area (Å²) in [7, 11) is 0. The number of piperidine rings is 1. The smallest absolute Gasteiger partial charge is 0.249 e. The van der Waals surface area contributed by atoms with E-state index in [1.165, 1.54) is 0 Å². The molecule has 0 unspecified atom stereocenters. The molecular formula is C14H15Cl2N3O2. The van der Waals surface area contributed by atoms with Gasteiger partial charge >= 0.3 is 0 Å². The third-order valence-corrected chi connectivity index (χ3v) is 4.09. The van der Waals surface area contributed by atoms with Gasteiger partial charge in [-0.2, -0.15) is 0 Å². The zero-order valence-electron chi connectivity index (χ0n) is 11.3. The van der Waals surface area contributed by atoms with E-state index in [1.54, 1.807) is 18.2 Å². The molecule has 1 saturated heterocycles. The summed E-state index contributed by atoms with van der Waals surface area (Å²) in [5.74, 6) is 0.941. The number of likely N-dealkylation sites (tertiary alicyclic amines) is 1. The second-order valence-electron chi connectivity index (χ2n) is 5.13. The van der Waals surface area contributed by atoms with Crippen LogP contribution >= 0.6 is 23.2 Å². The molecule has 0 radical (unpaired) electrons. The van der Waals surface area contributed by atoms with Gasteiger partial charge in [0, 0.05) is 18.1 Å². The van der Waals surface area contributed by atoms with E-state index in [1.807, 2.05) is 0 Å². The lowest BCUT2D eigenvalue weighted by Gasteiger charge is -2.27. The summed E-state index contributed by atoms with van der Waals surface area (Å²) >= 11 is 12.0. The van der Waals surface area contributed by atoms with Crippen LogP contribution in [0.4, 0.5) is 0 Å². The number of aliphatic hydroxyl groups is 1. The third-order valence-electron chi connectivity index (χ3n) is 3.54. The summed E-state index contributed by atoms with van der Waals surface area (Å²) in [6.07, 6.45) is 1.38. The van der Waals surface area contributed by atoms with Crippen LogP contribution in [0.3, 0.4) is 0 Å². The van der Waals surface area contributed by atoms with Crippen molar-refractivity contribution in [2.75, 3.05) is 13.1 Å². The second kappa shape index (κ2) is 6.32. The highest BCUT2D eigenvalue weighted by molar-refractivity contribution is 6.36. The number of hydrogen-bond donors (Lipinski definition) is 1. The molecular weight excluding hydrogens is 313 g/mol. The van der Waals surface area contributed by atoms with Gasteiger partial charge in [-0.25, -0.2) is 0 Å². The van der Waals surface area contributed by atoms with E-state index in [0.29, 0.717) is 33.9 Å². The summed E-state index contributed by atoms with van der Waals surface area (Å²) < 4.78 is 5.67. The van der Waals surface area contributed by atoms with Crippen LogP contribution in [0, 0.1) is 0 Å². The molecule has 0 spiro atoms. The molecule has 0 aliphatic carbocycles. The van der Waals surface area contributed by atoms with Gasteiger partial charge in [-0.05, 0) is 31.0 Å². The van der Waals surface area contributed by atoms with Crippen molar-refractivity contribution in [2.45, 2.75) is 25.5 Å². The Balaban J connectivity index is 1.71. The minimum absolute atomic E-state index is 0.188. The molecule has 21 heavy (non-hydrogen) atoms. The molecule has 7 heteroatoms. The van der Waals surface area contributed by atoms with E-state index < -0.39 is 0 Å². The molecule has 2 heterocycles. The van der Waals surface area contributed by atoms with Gasteiger partial charge < -0.3 is 9.52 Å². The quantitative estimate of drug-likeness (QED) is 0.938. The van der Waals surface area contributed by atoms with Gasteiger partial charge in [-0.1, -0.05) is 23.2 Å². The first-order chi connectivity index (χ1) is 10.1. The van der Waals surface area contributed by atoms with Crippen molar-refractivity contribution in [3.05, 3.63) is 34.1 Å². The topological polar surface area (TPSA) is 62.4 Å². The predicted molar refractivity (Wildman–Crippen MR) is 80.3 cm³/mol. The Morgan fingerprint density at radius 3 is 2.71 bits per heavy atom. The van der Waals surface area contributed by atoms with Crippen molar-refractivity contribution in [3.8, 4) is 11.5 Å². The van der Waals surface area contributed by atoms with Crippen molar-refractivity contribution < 1.29 is 9.52 Å². The average molecular weight is 328 g/mol. The van der Waals surface area contributed by atoms with Crippen molar-refractivity contribution in [2.24, 2.45) is 0 Å². The molecule has 1 aromatic carbocycles. The first-order valence-electron chi connectivity index (χ1n) is 6.80. The molecule has 1 N–H and O–H groups in total. The highest BCUT2D eigenvalue weighted by atomic mass is 35.5. The molecule has 0 amide bonds. The van der Waals surface area contributed by atoms with E-state index in [-0.39, 0.29) is 6.10 Å². The fourth-order valence-electron chi connectivity index (χ4n) is 2.36. The summed E-state index contributed by atoms with van der Waals surface area (Å²) in [6.45, 7) is 2.26. The Labute approximate surface area is 132 Å². The van der Waals surface area contributed by atoms with Crippen LogP contribution < -0.4 is 0 Å². The van der Waals surface area contributed by atoms with E-state index in [2.05, 4.69) is 15.1 Å².